The van der Waals surface area contributed by atoms with Crippen LogP contribution in [-0.4, -0.2) is 41.8 Å². The normalized spacial score (nSPS) is 17.5. The van der Waals surface area contributed by atoms with Crippen molar-refractivity contribution in [2.75, 3.05) is 33.4 Å². The predicted octanol–water partition coefficient (Wildman–Crippen LogP) is 2.56. The molecule has 1 aromatic rings. The summed E-state index contributed by atoms with van der Waals surface area (Å²) in [5.41, 5.74) is -1.04. The van der Waals surface area contributed by atoms with E-state index in [-0.39, 0.29) is 29.9 Å². The molecule has 150 valence electrons. The van der Waals surface area contributed by atoms with Gasteiger partial charge in [-0.1, -0.05) is 18.2 Å². The molecule has 0 radical (unpaired) electrons. The minimum absolute atomic E-state index is 0. The van der Waals surface area contributed by atoms with Crippen molar-refractivity contribution in [3.8, 4) is 0 Å². The Balaban J connectivity index is 0.00000338. The number of methoxy groups -OCH3 is 1. The van der Waals surface area contributed by atoms with Gasteiger partial charge in [0.15, 0.2) is 0 Å². The molecule has 1 saturated heterocycles. The number of halogens is 4. The molecule has 0 unspecified atom stereocenters. The average molecular weight is 417 g/mol. The van der Waals surface area contributed by atoms with Crippen molar-refractivity contribution in [2.24, 2.45) is 5.41 Å². The maximum Gasteiger partial charge on any atom is 0.416 e. The second kappa shape index (κ2) is 9.36. The largest absolute Gasteiger partial charge is 0.416 e. The highest BCUT2D eigenvalue weighted by atomic mass is 35.5. The smallest absolute Gasteiger partial charge is 0.384 e. The summed E-state index contributed by atoms with van der Waals surface area (Å²) in [6.45, 7) is 2.20. The predicted molar refractivity (Wildman–Crippen MR) is 95.7 cm³/mol. The number of piperidine rings is 1. The van der Waals surface area contributed by atoms with Crippen molar-refractivity contribution in [1.29, 1.82) is 0 Å². The lowest BCUT2D eigenvalue weighted by atomic mass is 9.80. The van der Waals surface area contributed by atoms with Gasteiger partial charge >= 0.3 is 6.18 Å². The number of nitrogens with one attached hydrogen (secondary N) is 2. The first-order chi connectivity index (χ1) is 11.7. The number of rotatable bonds is 7. The summed E-state index contributed by atoms with van der Waals surface area (Å²) in [6, 6.07) is 4.39. The van der Waals surface area contributed by atoms with Gasteiger partial charge in [-0.2, -0.15) is 13.2 Å². The van der Waals surface area contributed by atoms with E-state index in [1.807, 2.05) is 0 Å². The monoisotopic (exact) mass is 416 g/mol. The molecule has 1 aromatic carbocycles. The zero-order valence-corrected chi connectivity index (χ0v) is 16.1. The summed E-state index contributed by atoms with van der Waals surface area (Å²) >= 11 is 0. The van der Waals surface area contributed by atoms with Gasteiger partial charge in [-0.3, -0.25) is 0 Å². The van der Waals surface area contributed by atoms with Crippen LogP contribution in [0.25, 0.3) is 0 Å². The molecule has 0 aliphatic carbocycles. The number of hydrogen-bond acceptors (Lipinski definition) is 4. The van der Waals surface area contributed by atoms with E-state index < -0.39 is 27.5 Å². The Labute approximate surface area is 158 Å². The fourth-order valence-electron chi connectivity index (χ4n) is 3.01. The van der Waals surface area contributed by atoms with Crippen LogP contribution in [0.15, 0.2) is 24.3 Å². The molecule has 10 heteroatoms. The van der Waals surface area contributed by atoms with Crippen LogP contribution in [0, 0.1) is 5.41 Å². The fraction of sp³-hybridized carbons (Fsp3) is 0.625. The Morgan fingerprint density at radius 1 is 1.27 bits per heavy atom. The topological polar surface area (TPSA) is 67.4 Å². The zero-order chi connectivity index (χ0) is 18.6. The van der Waals surface area contributed by atoms with Crippen LogP contribution in [0.1, 0.15) is 24.0 Å². The van der Waals surface area contributed by atoms with Crippen molar-refractivity contribution >= 4 is 22.4 Å². The summed E-state index contributed by atoms with van der Waals surface area (Å²) in [5, 5.41) is 3.22. The maximum atomic E-state index is 12.7. The van der Waals surface area contributed by atoms with Crippen molar-refractivity contribution in [2.45, 2.75) is 24.8 Å². The highest BCUT2D eigenvalue weighted by Crippen LogP contribution is 2.30. The first-order valence-corrected chi connectivity index (χ1v) is 9.64. The third kappa shape index (κ3) is 6.70. The van der Waals surface area contributed by atoms with Gasteiger partial charge < -0.3 is 10.1 Å². The Kier molecular flexibility index (Phi) is 8.34. The minimum atomic E-state index is -4.50. The second-order valence-corrected chi connectivity index (χ2v) is 8.27. The second-order valence-electron chi connectivity index (χ2n) is 6.46. The molecule has 0 aromatic heterocycles. The lowest BCUT2D eigenvalue weighted by molar-refractivity contribution is -0.137. The van der Waals surface area contributed by atoms with E-state index in [1.54, 1.807) is 7.11 Å². The van der Waals surface area contributed by atoms with Crippen molar-refractivity contribution < 1.29 is 26.3 Å². The molecular weight excluding hydrogens is 393 g/mol. The van der Waals surface area contributed by atoms with Gasteiger partial charge in [-0.05, 0) is 37.6 Å². The molecule has 2 N–H and O–H groups in total. The molecule has 0 spiro atoms. The molecule has 0 atom stereocenters. The van der Waals surface area contributed by atoms with E-state index in [0.29, 0.717) is 6.61 Å². The average Bonchev–Trinajstić information content (AvgIpc) is 2.54. The summed E-state index contributed by atoms with van der Waals surface area (Å²) in [7, 11) is -2.18. The number of sulfonamides is 1. The molecule has 1 fully saturated rings. The van der Waals surface area contributed by atoms with Gasteiger partial charge in [0.1, 0.15) is 0 Å². The summed E-state index contributed by atoms with van der Waals surface area (Å²) in [4.78, 5) is 0. The molecule has 1 aliphatic rings. The molecule has 1 aliphatic heterocycles. The zero-order valence-electron chi connectivity index (χ0n) is 14.4. The van der Waals surface area contributed by atoms with Gasteiger partial charge in [0.2, 0.25) is 10.0 Å². The number of benzene rings is 1. The van der Waals surface area contributed by atoms with E-state index >= 15 is 0 Å². The van der Waals surface area contributed by atoms with Crippen molar-refractivity contribution in [1.82, 2.24) is 10.0 Å². The van der Waals surface area contributed by atoms with Gasteiger partial charge in [-0.15, -0.1) is 12.4 Å². The number of hydrogen-bond donors (Lipinski definition) is 2. The molecule has 1 heterocycles. The summed E-state index contributed by atoms with van der Waals surface area (Å²) < 4.78 is 70.6. The Hall–Kier alpha value is -0.870. The van der Waals surface area contributed by atoms with Gasteiger partial charge in [0.25, 0.3) is 0 Å². The Morgan fingerprint density at radius 2 is 1.92 bits per heavy atom. The molecule has 0 saturated carbocycles. The van der Waals surface area contributed by atoms with Gasteiger partial charge in [-0.25, -0.2) is 13.1 Å². The van der Waals surface area contributed by atoms with E-state index in [1.165, 1.54) is 12.1 Å². The van der Waals surface area contributed by atoms with Gasteiger partial charge in [0, 0.05) is 19.1 Å². The number of alkyl halides is 3. The molecule has 26 heavy (non-hydrogen) atoms. The summed E-state index contributed by atoms with van der Waals surface area (Å²) in [6.07, 6.45) is -2.95. The molecular formula is C16H24ClF3N2O3S. The van der Waals surface area contributed by atoms with Crippen LogP contribution < -0.4 is 10.0 Å². The third-order valence-corrected chi connectivity index (χ3v) is 5.69. The van der Waals surface area contributed by atoms with Crippen LogP contribution in [-0.2, 0) is 26.7 Å². The molecule has 5 nitrogen and oxygen atoms in total. The van der Waals surface area contributed by atoms with Crippen LogP contribution in [0.3, 0.4) is 0 Å². The Morgan fingerprint density at radius 3 is 2.50 bits per heavy atom. The van der Waals surface area contributed by atoms with E-state index in [4.69, 9.17) is 4.74 Å². The lowest BCUT2D eigenvalue weighted by Crippen LogP contribution is -2.47. The third-order valence-electron chi connectivity index (χ3n) is 4.39. The maximum absolute atomic E-state index is 12.7. The van der Waals surface area contributed by atoms with Crippen molar-refractivity contribution in [3.63, 3.8) is 0 Å². The number of ether oxygens (including phenoxy) is 1. The standard InChI is InChI=1S/C16H23F3N2O3S.ClH/c1-24-12-15(5-7-20-8-6-15)11-21-25(22,23)10-13-3-2-4-14(9-13)16(17,18)19;/h2-4,9,20-21H,5-8,10-12H2,1H3;1H. The lowest BCUT2D eigenvalue weighted by Gasteiger charge is -2.37. The Bertz CT molecular complexity index is 672. The first-order valence-electron chi connectivity index (χ1n) is 7.99. The molecule has 2 rings (SSSR count). The highest BCUT2D eigenvalue weighted by molar-refractivity contribution is 7.88. The summed E-state index contributed by atoms with van der Waals surface area (Å²) in [5.74, 6) is -0.488. The quantitative estimate of drug-likeness (QED) is 0.717. The minimum Gasteiger partial charge on any atom is -0.384 e. The molecule has 0 bridgehead atoms. The van der Waals surface area contributed by atoms with E-state index in [9.17, 15) is 21.6 Å². The first kappa shape index (κ1) is 23.2. The van der Waals surface area contributed by atoms with Crippen LogP contribution in [0.2, 0.25) is 0 Å². The van der Waals surface area contributed by atoms with E-state index in [2.05, 4.69) is 10.0 Å². The van der Waals surface area contributed by atoms with Crippen LogP contribution in [0.5, 0.6) is 0 Å². The van der Waals surface area contributed by atoms with Crippen molar-refractivity contribution in [3.05, 3.63) is 35.4 Å². The SMILES string of the molecule is COCC1(CNS(=O)(=O)Cc2cccc(C(F)(F)F)c2)CCNCC1.Cl. The highest BCUT2D eigenvalue weighted by Gasteiger charge is 2.34. The fourth-order valence-corrected chi connectivity index (χ4v) is 4.25. The van der Waals surface area contributed by atoms with E-state index in [0.717, 1.165) is 38.1 Å². The van der Waals surface area contributed by atoms with Gasteiger partial charge in [0.05, 0.1) is 17.9 Å². The van der Waals surface area contributed by atoms with Crippen LogP contribution >= 0.6 is 12.4 Å². The van der Waals surface area contributed by atoms with Crippen LogP contribution in [0.4, 0.5) is 13.2 Å². The molecule has 0 amide bonds.